The van der Waals surface area contributed by atoms with Crippen molar-refractivity contribution in [3.8, 4) is 11.5 Å². The van der Waals surface area contributed by atoms with Crippen LogP contribution in [0.25, 0.3) is 0 Å². The smallest absolute Gasteiger partial charge is 0.279 e. The van der Waals surface area contributed by atoms with Crippen molar-refractivity contribution < 1.29 is 17.9 Å². The fourth-order valence-corrected chi connectivity index (χ4v) is 2.11. The van der Waals surface area contributed by atoms with E-state index in [1.165, 1.54) is 14.1 Å². The highest BCUT2D eigenvalue weighted by Gasteiger charge is 2.15. The summed E-state index contributed by atoms with van der Waals surface area (Å²) in [5.41, 5.74) is 0.824. The summed E-state index contributed by atoms with van der Waals surface area (Å²) in [6, 6.07) is 5.38. The number of hydrogen-bond acceptors (Lipinski definition) is 4. The zero-order chi connectivity index (χ0) is 13.2. The van der Waals surface area contributed by atoms with Gasteiger partial charge in [0.2, 0.25) is 0 Å². The Balaban J connectivity index is 2.07. The molecule has 0 atom stereocenters. The van der Waals surface area contributed by atoms with E-state index < -0.39 is 10.2 Å². The molecule has 100 valence electrons. The van der Waals surface area contributed by atoms with Gasteiger partial charge in [0.25, 0.3) is 10.2 Å². The van der Waals surface area contributed by atoms with Gasteiger partial charge in [-0.05, 0) is 17.7 Å². The van der Waals surface area contributed by atoms with E-state index in [9.17, 15) is 8.42 Å². The quantitative estimate of drug-likeness (QED) is 0.859. The summed E-state index contributed by atoms with van der Waals surface area (Å²) in [7, 11) is -0.450. The summed E-state index contributed by atoms with van der Waals surface area (Å²) in [6.07, 6.45) is 0. The standard InChI is InChI=1S/C11H16N2O4S/c1-13(2)18(14,15)12-8-9-3-4-10-11(7-9)17-6-5-16-10/h3-4,7,12H,5-6,8H2,1-2H3. The Labute approximate surface area is 107 Å². The molecule has 1 aliphatic rings. The van der Waals surface area contributed by atoms with Gasteiger partial charge in [-0.3, -0.25) is 0 Å². The molecule has 0 bridgehead atoms. The molecule has 1 N–H and O–H groups in total. The van der Waals surface area contributed by atoms with E-state index in [0.29, 0.717) is 24.7 Å². The molecule has 0 unspecified atom stereocenters. The topological polar surface area (TPSA) is 67.9 Å². The summed E-state index contributed by atoms with van der Waals surface area (Å²) in [4.78, 5) is 0. The number of rotatable bonds is 4. The highest BCUT2D eigenvalue weighted by Crippen LogP contribution is 2.30. The van der Waals surface area contributed by atoms with E-state index in [1.54, 1.807) is 12.1 Å². The predicted molar refractivity (Wildman–Crippen MR) is 66.9 cm³/mol. The van der Waals surface area contributed by atoms with Gasteiger partial charge in [0, 0.05) is 20.6 Å². The van der Waals surface area contributed by atoms with Gasteiger partial charge >= 0.3 is 0 Å². The second-order valence-electron chi connectivity index (χ2n) is 4.09. The number of fused-ring (bicyclic) bond motifs is 1. The predicted octanol–water partition coefficient (Wildman–Crippen LogP) is 0.354. The first-order chi connectivity index (χ1) is 8.49. The zero-order valence-electron chi connectivity index (χ0n) is 10.3. The Morgan fingerprint density at radius 2 is 1.89 bits per heavy atom. The summed E-state index contributed by atoms with van der Waals surface area (Å²) in [5, 5.41) is 0. The van der Waals surface area contributed by atoms with Crippen molar-refractivity contribution in [2.45, 2.75) is 6.54 Å². The van der Waals surface area contributed by atoms with Crippen LogP contribution in [0.1, 0.15) is 5.56 Å². The lowest BCUT2D eigenvalue weighted by Crippen LogP contribution is -2.35. The van der Waals surface area contributed by atoms with Crippen LogP contribution in [0.3, 0.4) is 0 Å². The van der Waals surface area contributed by atoms with E-state index in [1.807, 2.05) is 6.07 Å². The molecule has 1 aromatic rings. The van der Waals surface area contributed by atoms with Gasteiger partial charge in [-0.2, -0.15) is 17.4 Å². The second-order valence-corrected chi connectivity index (χ2v) is 6.06. The number of nitrogens with one attached hydrogen (secondary N) is 1. The van der Waals surface area contributed by atoms with Crippen LogP contribution in [0.2, 0.25) is 0 Å². The van der Waals surface area contributed by atoms with Crippen LogP contribution in [0.4, 0.5) is 0 Å². The van der Waals surface area contributed by atoms with Gasteiger partial charge in [0.15, 0.2) is 11.5 Å². The van der Waals surface area contributed by atoms with E-state index in [4.69, 9.17) is 9.47 Å². The van der Waals surface area contributed by atoms with E-state index in [-0.39, 0.29) is 6.54 Å². The molecule has 0 aromatic heterocycles. The maximum Gasteiger partial charge on any atom is 0.279 e. The summed E-state index contributed by atoms with van der Waals surface area (Å²) >= 11 is 0. The van der Waals surface area contributed by atoms with Crippen molar-refractivity contribution >= 4 is 10.2 Å². The fraction of sp³-hybridized carbons (Fsp3) is 0.455. The number of ether oxygens (including phenoxy) is 2. The highest BCUT2D eigenvalue weighted by molar-refractivity contribution is 7.87. The van der Waals surface area contributed by atoms with Crippen LogP contribution in [0.5, 0.6) is 11.5 Å². The van der Waals surface area contributed by atoms with Crippen molar-refractivity contribution in [1.82, 2.24) is 9.03 Å². The van der Waals surface area contributed by atoms with Crippen LogP contribution < -0.4 is 14.2 Å². The monoisotopic (exact) mass is 272 g/mol. The number of nitrogens with zero attached hydrogens (tertiary/aromatic N) is 1. The van der Waals surface area contributed by atoms with Gasteiger partial charge in [-0.15, -0.1) is 0 Å². The minimum atomic E-state index is -3.41. The van der Waals surface area contributed by atoms with Gasteiger partial charge in [-0.1, -0.05) is 6.07 Å². The van der Waals surface area contributed by atoms with Gasteiger partial charge in [0.1, 0.15) is 13.2 Å². The lowest BCUT2D eigenvalue weighted by atomic mass is 10.2. The van der Waals surface area contributed by atoms with Crippen LogP contribution in [0, 0.1) is 0 Å². The van der Waals surface area contributed by atoms with Crippen molar-refractivity contribution in [2.24, 2.45) is 0 Å². The SMILES string of the molecule is CN(C)S(=O)(=O)NCc1ccc2c(c1)OCCO2. The van der Waals surface area contributed by atoms with Crippen molar-refractivity contribution in [1.29, 1.82) is 0 Å². The molecule has 1 aliphatic heterocycles. The summed E-state index contributed by atoms with van der Waals surface area (Å²) in [5.74, 6) is 1.35. The average Bonchev–Trinajstić information content (AvgIpc) is 2.36. The van der Waals surface area contributed by atoms with Gasteiger partial charge in [0.05, 0.1) is 0 Å². The molecule has 0 aliphatic carbocycles. The normalized spacial score (nSPS) is 14.8. The molecule has 2 rings (SSSR count). The molecule has 1 heterocycles. The summed E-state index contributed by atoms with van der Waals surface area (Å²) < 4.78 is 37.5. The lowest BCUT2D eigenvalue weighted by Gasteiger charge is -2.19. The Morgan fingerprint density at radius 1 is 1.22 bits per heavy atom. The maximum atomic E-state index is 11.6. The third-order valence-corrected chi connectivity index (χ3v) is 4.02. The lowest BCUT2D eigenvalue weighted by molar-refractivity contribution is 0.171. The largest absolute Gasteiger partial charge is 0.486 e. The molecule has 7 heteroatoms. The molecule has 0 fully saturated rings. The molecule has 0 amide bonds. The van der Waals surface area contributed by atoms with Crippen molar-refractivity contribution in [3.63, 3.8) is 0 Å². The van der Waals surface area contributed by atoms with Crippen LogP contribution in [-0.2, 0) is 16.8 Å². The highest BCUT2D eigenvalue weighted by atomic mass is 32.2. The minimum Gasteiger partial charge on any atom is -0.486 e. The Kier molecular flexibility index (Phi) is 3.74. The molecule has 1 aromatic carbocycles. The van der Waals surface area contributed by atoms with Crippen molar-refractivity contribution in [2.75, 3.05) is 27.3 Å². The van der Waals surface area contributed by atoms with E-state index in [2.05, 4.69) is 4.72 Å². The van der Waals surface area contributed by atoms with E-state index in [0.717, 1.165) is 9.87 Å². The number of benzene rings is 1. The molecule has 0 radical (unpaired) electrons. The van der Waals surface area contributed by atoms with Crippen LogP contribution in [-0.4, -0.2) is 40.0 Å². The first kappa shape index (κ1) is 13.1. The van der Waals surface area contributed by atoms with Crippen LogP contribution in [0.15, 0.2) is 18.2 Å². The molecule has 0 saturated heterocycles. The van der Waals surface area contributed by atoms with E-state index >= 15 is 0 Å². The molecule has 0 spiro atoms. The third-order valence-electron chi connectivity index (χ3n) is 2.55. The third kappa shape index (κ3) is 2.92. The molecular formula is C11H16N2O4S. The second kappa shape index (κ2) is 5.13. The van der Waals surface area contributed by atoms with Gasteiger partial charge < -0.3 is 9.47 Å². The van der Waals surface area contributed by atoms with Crippen molar-refractivity contribution in [3.05, 3.63) is 23.8 Å². The molecule has 18 heavy (non-hydrogen) atoms. The zero-order valence-corrected chi connectivity index (χ0v) is 11.2. The number of hydrogen-bond donors (Lipinski definition) is 1. The summed E-state index contributed by atoms with van der Waals surface area (Å²) in [6.45, 7) is 1.27. The first-order valence-corrected chi connectivity index (χ1v) is 6.99. The fourth-order valence-electron chi connectivity index (χ4n) is 1.50. The minimum absolute atomic E-state index is 0.219. The Bertz CT molecular complexity index is 528. The molecule has 6 nitrogen and oxygen atoms in total. The Morgan fingerprint density at radius 3 is 2.56 bits per heavy atom. The Hall–Kier alpha value is -1.31. The first-order valence-electron chi connectivity index (χ1n) is 5.55. The van der Waals surface area contributed by atoms with Crippen LogP contribution >= 0.6 is 0 Å². The molecular weight excluding hydrogens is 256 g/mol. The van der Waals surface area contributed by atoms with Gasteiger partial charge in [-0.25, -0.2) is 0 Å². The maximum absolute atomic E-state index is 11.6. The average molecular weight is 272 g/mol. The molecule has 0 saturated carbocycles.